The summed E-state index contributed by atoms with van der Waals surface area (Å²) in [5.74, 6) is 1.77. The van der Waals surface area contributed by atoms with Crippen LogP contribution in [0.15, 0.2) is 23.0 Å². The molecule has 0 saturated heterocycles. The number of hydrogen-bond donors (Lipinski definition) is 2. The maximum absolute atomic E-state index is 11.9. The highest BCUT2D eigenvalue weighted by Crippen LogP contribution is 2.60. The molecule has 0 amide bonds. The molecule has 3 N–H and O–H groups in total. The van der Waals surface area contributed by atoms with Crippen LogP contribution in [-0.2, 0) is 6.42 Å². The normalized spacial score (nSPS) is 39.7. The fraction of sp³-hybridized carbons (Fsp3) is 0.632. The van der Waals surface area contributed by atoms with E-state index in [0.717, 1.165) is 32.1 Å². The lowest BCUT2D eigenvalue weighted by atomic mass is 9.55. The number of aliphatic hydroxyl groups is 1. The van der Waals surface area contributed by atoms with Crippen LogP contribution < -0.4 is 11.2 Å². The molecule has 4 rings (SSSR count). The monoisotopic (exact) mass is 299 g/mol. The first-order valence-corrected chi connectivity index (χ1v) is 8.61. The summed E-state index contributed by atoms with van der Waals surface area (Å²) >= 11 is 0. The van der Waals surface area contributed by atoms with Crippen LogP contribution in [0.1, 0.15) is 56.1 Å². The van der Waals surface area contributed by atoms with Crippen LogP contribution in [0.4, 0.5) is 5.69 Å². The smallest absolute Gasteiger partial charge is 0.201 e. The molecule has 0 unspecified atom stereocenters. The number of rotatable bonds is 0. The van der Waals surface area contributed by atoms with Gasteiger partial charge in [0.05, 0.1) is 11.8 Å². The van der Waals surface area contributed by atoms with Crippen LogP contribution in [-0.4, -0.2) is 11.2 Å². The maximum Gasteiger partial charge on any atom is 0.201 e. The first kappa shape index (κ1) is 14.3. The second-order valence-corrected chi connectivity index (χ2v) is 7.83. The quantitative estimate of drug-likeness (QED) is 0.774. The van der Waals surface area contributed by atoms with Crippen molar-refractivity contribution in [2.24, 2.45) is 17.3 Å². The lowest BCUT2D eigenvalue weighted by molar-refractivity contribution is -0.0225. The van der Waals surface area contributed by atoms with E-state index in [4.69, 9.17) is 5.73 Å². The van der Waals surface area contributed by atoms with Crippen LogP contribution in [0.25, 0.3) is 0 Å². The Morgan fingerprint density at radius 3 is 2.86 bits per heavy atom. The fourth-order valence-corrected chi connectivity index (χ4v) is 5.64. The summed E-state index contributed by atoms with van der Waals surface area (Å²) in [7, 11) is 0. The maximum atomic E-state index is 11.9. The van der Waals surface area contributed by atoms with Gasteiger partial charge < -0.3 is 10.8 Å². The zero-order valence-corrected chi connectivity index (χ0v) is 13.2. The van der Waals surface area contributed by atoms with Gasteiger partial charge in [0.15, 0.2) is 0 Å². The molecule has 2 saturated carbocycles. The molecular weight excluding hydrogens is 274 g/mol. The summed E-state index contributed by atoms with van der Waals surface area (Å²) < 4.78 is 0. The summed E-state index contributed by atoms with van der Waals surface area (Å²) in [6.07, 6.45) is 6.38. The zero-order valence-electron chi connectivity index (χ0n) is 13.2. The van der Waals surface area contributed by atoms with E-state index in [1.165, 1.54) is 17.5 Å². The largest absolute Gasteiger partial charge is 0.396 e. The zero-order chi connectivity index (χ0) is 15.5. The van der Waals surface area contributed by atoms with Crippen molar-refractivity contribution < 1.29 is 5.11 Å². The van der Waals surface area contributed by atoms with Crippen LogP contribution in [0.5, 0.6) is 0 Å². The third kappa shape index (κ3) is 1.88. The molecular formula is C19H25NO2. The van der Waals surface area contributed by atoms with Crippen molar-refractivity contribution in [3.63, 3.8) is 0 Å². The molecule has 3 aliphatic carbocycles. The van der Waals surface area contributed by atoms with Gasteiger partial charge in [-0.15, -0.1) is 0 Å². The predicted molar refractivity (Wildman–Crippen MR) is 87.7 cm³/mol. The number of hydrogen-bond acceptors (Lipinski definition) is 3. The van der Waals surface area contributed by atoms with Gasteiger partial charge in [-0.3, -0.25) is 4.79 Å². The molecule has 0 bridgehead atoms. The van der Waals surface area contributed by atoms with Crippen molar-refractivity contribution in [2.45, 2.75) is 57.5 Å². The Kier molecular flexibility index (Phi) is 3.12. The molecule has 0 aliphatic heterocycles. The summed E-state index contributed by atoms with van der Waals surface area (Å²) in [6, 6.07) is 5.56. The highest BCUT2D eigenvalue weighted by atomic mass is 16.3. The molecule has 2 fully saturated rings. The van der Waals surface area contributed by atoms with Crippen LogP contribution in [0.3, 0.4) is 0 Å². The molecule has 0 heterocycles. The van der Waals surface area contributed by atoms with Gasteiger partial charge in [-0.05, 0) is 85.0 Å². The number of fused-ring (bicyclic) bond motifs is 5. The van der Waals surface area contributed by atoms with Gasteiger partial charge in [0.2, 0.25) is 5.43 Å². The number of aliphatic hydroxyl groups excluding tert-OH is 1. The molecule has 0 spiro atoms. The van der Waals surface area contributed by atoms with Crippen molar-refractivity contribution in [3.8, 4) is 0 Å². The van der Waals surface area contributed by atoms with Gasteiger partial charge in [0.25, 0.3) is 0 Å². The second kappa shape index (κ2) is 4.82. The Labute approximate surface area is 131 Å². The van der Waals surface area contributed by atoms with Gasteiger partial charge in [0, 0.05) is 0 Å². The molecule has 5 atom stereocenters. The average molecular weight is 299 g/mol. The third-order valence-corrected chi connectivity index (χ3v) is 6.94. The van der Waals surface area contributed by atoms with Gasteiger partial charge in [-0.25, -0.2) is 0 Å². The van der Waals surface area contributed by atoms with E-state index in [2.05, 4.69) is 6.92 Å². The van der Waals surface area contributed by atoms with E-state index in [0.29, 0.717) is 23.4 Å². The van der Waals surface area contributed by atoms with Gasteiger partial charge >= 0.3 is 0 Å². The minimum atomic E-state index is -0.134. The predicted octanol–water partition coefficient (Wildman–Crippen LogP) is 2.85. The summed E-state index contributed by atoms with van der Waals surface area (Å²) in [6.45, 7) is 2.29. The molecule has 1 aromatic carbocycles. The van der Waals surface area contributed by atoms with E-state index >= 15 is 0 Å². The van der Waals surface area contributed by atoms with Crippen molar-refractivity contribution in [2.75, 3.05) is 5.73 Å². The highest BCUT2D eigenvalue weighted by molar-refractivity contribution is 5.45. The Hall–Kier alpha value is -1.35. The van der Waals surface area contributed by atoms with E-state index in [1.54, 1.807) is 6.07 Å². The minimum absolute atomic E-state index is 0.0668. The van der Waals surface area contributed by atoms with Gasteiger partial charge in [-0.1, -0.05) is 13.0 Å². The van der Waals surface area contributed by atoms with Crippen LogP contribution in [0, 0.1) is 17.3 Å². The highest BCUT2D eigenvalue weighted by Gasteiger charge is 2.54. The van der Waals surface area contributed by atoms with Crippen molar-refractivity contribution >= 4 is 5.69 Å². The fourth-order valence-electron chi connectivity index (χ4n) is 5.64. The number of nitrogen functional groups attached to an aromatic ring is 1. The number of anilines is 1. The minimum Gasteiger partial charge on any atom is -0.396 e. The molecule has 1 aromatic rings. The summed E-state index contributed by atoms with van der Waals surface area (Å²) in [5, 5.41) is 10.4. The summed E-state index contributed by atoms with van der Waals surface area (Å²) in [4.78, 5) is 11.9. The lowest BCUT2D eigenvalue weighted by Gasteiger charge is -2.50. The second-order valence-electron chi connectivity index (χ2n) is 7.83. The molecule has 118 valence electrons. The molecule has 0 radical (unpaired) electrons. The van der Waals surface area contributed by atoms with Gasteiger partial charge in [-0.2, -0.15) is 0 Å². The Morgan fingerprint density at radius 2 is 2.05 bits per heavy atom. The van der Waals surface area contributed by atoms with E-state index in [-0.39, 0.29) is 16.9 Å². The Morgan fingerprint density at radius 1 is 1.23 bits per heavy atom. The number of nitrogens with two attached hydrogens (primary N) is 1. The first-order chi connectivity index (χ1) is 10.5. The van der Waals surface area contributed by atoms with Crippen LogP contribution in [0.2, 0.25) is 0 Å². The molecule has 0 aromatic heterocycles. The SMILES string of the molecule is C[C@]12CC[C@@H]3c4cc(N)c(=O)ccc4CC[C@H]3[C@@H]1CC[C@@H]2O. The standard InChI is InChI=1S/C19H25NO2/c1-19-9-8-12-13(15(19)5-7-18(19)22)4-2-11-3-6-17(21)16(20)10-14(11)12/h3,6,10,12-13,15,18,22H,2,4-5,7-9H2,1H3,(H2,20,21)/t12-,13+,15-,18-,19-/m0/s1. The molecule has 3 heteroatoms. The molecule has 22 heavy (non-hydrogen) atoms. The third-order valence-electron chi connectivity index (χ3n) is 6.94. The number of aryl methyl sites for hydroxylation is 1. The first-order valence-electron chi connectivity index (χ1n) is 8.61. The van der Waals surface area contributed by atoms with Crippen molar-refractivity contribution in [3.05, 3.63) is 39.5 Å². The molecule has 3 nitrogen and oxygen atoms in total. The Balaban J connectivity index is 1.78. The van der Waals surface area contributed by atoms with Crippen LogP contribution >= 0.6 is 0 Å². The van der Waals surface area contributed by atoms with E-state index < -0.39 is 0 Å². The molecule has 3 aliphatic rings. The van der Waals surface area contributed by atoms with Crippen molar-refractivity contribution in [1.82, 2.24) is 0 Å². The lowest BCUT2D eigenvalue weighted by Crippen LogP contribution is -2.43. The van der Waals surface area contributed by atoms with Crippen molar-refractivity contribution in [1.29, 1.82) is 0 Å². The van der Waals surface area contributed by atoms with E-state index in [9.17, 15) is 9.90 Å². The Bertz CT molecular complexity index is 671. The van der Waals surface area contributed by atoms with E-state index in [1.807, 2.05) is 12.1 Å². The average Bonchev–Trinajstić information content (AvgIpc) is 2.72. The topological polar surface area (TPSA) is 63.3 Å². The summed E-state index contributed by atoms with van der Waals surface area (Å²) in [5.41, 5.74) is 8.97. The van der Waals surface area contributed by atoms with Gasteiger partial charge in [0.1, 0.15) is 0 Å².